The van der Waals surface area contributed by atoms with Crippen molar-refractivity contribution >= 4 is 34.8 Å². The second-order valence-corrected chi connectivity index (χ2v) is 6.43. The van der Waals surface area contributed by atoms with E-state index in [0.29, 0.717) is 22.0 Å². The number of halogens is 1. The van der Waals surface area contributed by atoms with Gasteiger partial charge in [-0.25, -0.2) is 0 Å². The van der Waals surface area contributed by atoms with Crippen LogP contribution < -0.4 is 14.8 Å². The van der Waals surface area contributed by atoms with E-state index in [1.807, 2.05) is 60.7 Å². The van der Waals surface area contributed by atoms with Crippen molar-refractivity contribution in [3.63, 3.8) is 0 Å². The van der Waals surface area contributed by atoms with Crippen molar-refractivity contribution in [2.24, 2.45) is 0 Å². The molecule has 0 spiro atoms. The molecule has 5 heteroatoms. The molecular formula is C23H20ClNO3. The first-order valence-corrected chi connectivity index (χ1v) is 9.04. The van der Waals surface area contributed by atoms with Crippen molar-refractivity contribution in [1.82, 2.24) is 0 Å². The number of methoxy groups -OCH3 is 2. The van der Waals surface area contributed by atoms with Gasteiger partial charge in [0.05, 0.1) is 19.9 Å². The third-order valence-electron chi connectivity index (χ3n) is 4.17. The maximum Gasteiger partial charge on any atom is 0.256 e. The molecule has 0 bridgehead atoms. The van der Waals surface area contributed by atoms with Gasteiger partial charge in [-0.15, -0.1) is 0 Å². The van der Waals surface area contributed by atoms with Crippen LogP contribution in [0, 0.1) is 0 Å². The lowest BCUT2D eigenvalue weighted by Gasteiger charge is -2.13. The number of ether oxygens (including phenoxy) is 2. The molecule has 1 amide bonds. The number of carbonyl (C=O) groups is 1. The topological polar surface area (TPSA) is 47.6 Å². The molecule has 0 aliphatic carbocycles. The predicted molar refractivity (Wildman–Crippen MR) is 114 cm³/mol. The monoisotopic (exact) mass is 393 g/mol. The third kappa shape index (κ3) is 4.72. The number of rotatable bonds is 6. The number of hydrogen-bond donors (Lipinski definition) is 1. The van der Waals surface area contributed by atoms with E-state index in [-0.39, 0.29) is 5.91 Å². The number of nitrogens with one attached hydrogen (secondary N) is 1. The number of amides is 1. The maximum absolute atomic E-state index is 13.1. The van der Waals surface area contributed by atoms with Crippen molar-refractivity contribution in [3.05, 3.63) is 88.9 Å². The van der Waals surface area contributed by atoms with Crippen molar-refractivity contribution in [1.29, 1.82) is 0 Å². The van der Waals surface area contributed by atoms with Gasteiger partial charge >= 0.3 is 0 Å². The number of benzene rings is 3. The Labute approximate surface area is 169 Å². The van der Waals surface area contributed by atoms with Crippen LogP contribution in [0.4, 0.5) is 5.69 Å². The summed E-state index contributed by atoms with van der Waals surface area (Å²) in [6, 6.07) is 22.1. The molecule has 0 aliphatic rings. The average Bonchev–Trinajstić information content (AvgIpc) is 2.73. The number of hydrogen-bond acceptors (Lipinski definition) is 3. The SMILES string of the molecule is COc1ccc(/C=C(/C(=O)Nc2cc(Cl)ccc2OC)c2ccccc2)cc1. The third-order valence-corrected chi connectivity index (χ3v) is 4.40. The molecule has 0 aromatic heterocycles. The highest BCUT2D eigenvalue weighted by Crippen LogP contribution is 2.29. The smallest absolute Gasteiger partial charge is 0.256 e. The zero-order valence-electron chi connectivity index (χ0n) is 15.6. The summed E-state index contributed by atoms with van der Waals surface area (Å²) in [4.78, 5) is 13.1. The highest BCUT2D eigenvalue weighted by Gasteiger charge is 2.15. The highest BCUT2D eigenvalue weighted by atomic mass is 35.5. The number of anilines is 1. The fraction of sp³-hybridized carbons (Fsp3) is 0.0870. The molecule has 0 radical (unpaired) electrons. The molecule has 0 heterocycles. The molecule has 28 heavy (non-hydrogen) atoms. The van der Waals surface area contributed by atoms with Crippen LogP contribution in [0.25, 0.3) is 11.6 Å². The van der Waals surface area contributed by atoms with Gasteiger partial charge in [0.25, 0.3) is 5.91 Å². The van der Waals surface area contributed by atoms with Crippen molar-refractivity contribution in [3.8, 4) is 11.5 Å². The van der Waals surface area contributed by atoms with Gasteiger partial charge in [-0.2, -0.15) is 0 Å². The van der Waals surface area contributed by atoms with Crippen LogP contribution in [-0.4, -0.2) is 20.1 Å². The van der Waals surface area contributed by atoms with Gasteiger partial charge < -0.3 is 14.8 Å². The van der Waals surface area contributed by atoms with Gasteiger partial charge in [-0.05, 0) is 47.5 Å². The summed E-state index contributed by atoms with van der Waals surface area (Å²) in [5.41, 5.74) is 2.72. The summed E-state index contributed by atoms with van der Waals surface area (Å²) < 4.78 is 10.5. The van der Waals surface area contributed by atoms with Crippen molar-refractivity contribution < 1.29 is 14.3 Å². The fourth-order valence-corrected chi connectivity index (χ4v) is 2.90. The predicted octanol–water partition coefficient (Wildman–Crippen LogP) is 5.54. The summed E-state index contributed by atoms with van der Waals surface area (Å²) in [5, 5.41) is 3.41. The fourth-order valence-electron chi connectivity index (χ4n) is 2.73. The lowest BCUT2D eigenvalue weighted by molar-refractivity contribution is -0.111. The molecule has 0 unspecified atom stereocenters. The van der Waals surface area contributed by atoms with Gasteiger partial charge in [0, 0.05) is 10.6 Å². The van der Waals surface area contributed by atoms with E-state index < -0.39 is 0 Å². The minimum Gasteiger partial charge on any atom is -0.497 e. The highest BCUT2D eigenvalue weighted by molar-refractivity contribution is 6.32. The summed E-state index contributed by atoms with van der Waals surface area (Å²) in [7, 11) is 3.16. The molecule has 3 aromatic carbocycles. The second-order valence-electron chi connectivity index (χ2n) is 6.00. The summed E-state index contributed by atoms with van der Waals surface area (Å²) in [6.45, 7) is 0. The largest absolute Gasteiger partial charge is 0.497 e. The normalized spacial score (nSPS) is 11.0. The van der Waals surface area contributed by atoms with Gasteiger partial charge in [-0.3, -0.25) is 4.79 Å². The van der Waals surface area contributed by atoms with E-state index in [2.05, 4.69) is 5.32 Å². The minimum absolute atomic E-state index is 0.261. The molecule has 3 rings (SSSR count). The van der Waals surface area contributed by atoms with Crippen LogP contribution in [0.1, 0.15) is 11.1 Å². The molecule has 0 atom stereocenters. The second kappa shape index (κ2) is 9.11. The Morgan fingerprint density at radius 3 is 2.29 bits per heavy atom. The zero-order valence-corrected chi connectivity index (χ0v) is 16.4. The van der Waals surface area contributed by atoms with Crippen LogP contribution in [0.2, 0.25) is 5.02 Å². The molecule has 142 valence electrons. The van der Waals surface area contributed by atoms with Crippen molar-refractivity contribution in [2.75, 3.05) is 19.5 Å². The Kier molecular flexibility index (Phi) is 6.35. The molecule has 0 fully saturated rings. The quantitative estimate of drug-likeness (QED) is 0.442. The molecular weight excluding hydrogens is 374 g/mol. The number of carbonyl (C=O) groups excluding carboxylic acids is 1. The first-order valence-electron chi connectivity index (χ1n) is 8.67. The molecule has 4 nitrogen and oxygen atoms in total. The van der Waals surface area contributed by atoms with Crippen LogP contribution >= 0.6 is 11.6 Å². The molecule has 1 N–H and O–H groups in total. The van der Waals surface area contributed by atoms with Gasteiger partial charge in [-0.1, -0.05) is 54.1 Å². The Morgan fingerprint density at radius 2 is 1.64 bits per heavy atom. The van der Waals surface area contributed by atoms with Gasteiger partial charge in [0.1, 0.15) is 11.5 Å². The van der Waals surface area contributed by atoms with Crippen LogP contribution in [0.5, 0.6) is 11.5 Å². The maximum atomic E-state index is 13.1. The summed E-state index contributed by atoms with van der Waals surface area (Å²) in [5.74, 6) is 1.03. The molecule has 3 aromatic rings. The van der Waals surface area contributed by atoms with Crippen LogP contribution in [0.15, 0.2) is 72.8 Å². The van der Waals surface area contributed by atoms with Crippen LogP contribution in [-0.2, 0) is 4.79 Å². The van der Waals surface area contributed by atoms with Gasteiger partial charge in [0.15, 0.2) is 0 Å². The van der Waals surface area contributed by atoms with E-state index in [4.69, 9.17) is 21.1 Å². The van der Waals surface area contributed by atoms with E-state index in [1.165, 1.54) is 0 Å². The molecule has 0 saturated heterocycles. The van der Waals surface area contributed by atoms with Crippen LogP contribution in [0.3, 0.4) is 0 Å². The first kappa shape index (κ1) is 19.5. The Hall–Kier alpha value is -3.24. The van der Waals surface area contributed by atoms with E-state index in [0.717, 1.165) is 16.9 Å². The molecule has 0 saturated carbocycles. The molecule has 0 aliphatic heterocycles. The van der Waals surface area contributed by atoms with Gasteiger partial charge in [0.2, 0.25) is 0 Å². The van der Waals surface area contributed by atoms with E-state index in [1.54, 1.807) is 32.4 Å². The van der Waals surface area contributed by atoms with E-state index >= 15 is 0 Å². The van der Waals surface area contributed by atoms with E-state index in [9.17, 15) is 4.79 Å². The standard InChI is InChI=1S/C23H20ClNO3/c1-27-19-11-8-16(9-12-19)14-20(17-6-4-3-5-7-17)23(26)25-21-15-18(24)10-13-22(21)28-2/h3-15H,1-2H3,(H,25,26)/b20-14+. The zero-order chi connectivity index (χ0) is 19.9. The average molecular weight is 394 g/mol. The summed E-state index contributed by atoms with van der Waals surface area (Å²) in [6.07, 6.45) is 1.83. The Balaban J connectivity index is 1.98. The summed E-state index contributed by atoms with van der Waals surface area (Å²) >= 11 is 6.08. The lowest BCUT2D eigenvalue weighted by atomic mass is 10.0. The van der Waals surface area contributed by atoms with Crippen molar-refractivity contribution in [2.45, 2.75) is 0 Å². The Morgan fingerprint density at radius 1 is 0.929 bits per heavy atom. The Bertz CT molecular complexity index is 982. The lowest BCUT2D eigenvalue weighted by Crippen LogP contribution is -2.14. The first-order chi connectivity index (χ1) is 13.6. The minimum atomic E-state index is -0.261.